The van der Waals surface area contributed by atoms with Crippen molar-refractivity contribution in [2.24, 2.45) is 5.92 Å². The molecule has 1 fully saturated rings. The molecule has 0 saturated heterocycles. The van der Waals surface area contributed by atoms with Crippen molar-refractivity contribution in [1.29, 1.82) is 0 Å². The first kappa shape index (κ1) is 10.5. The van der Waals surface area contributed by atoms with Crippen molar-refractivity contribution in [3.8, 4) is 0 Å². The van der Waals surface area contributed by atoms with E-state index < -0.39 is 0 Å². The number of hydrogen-bond acceptors (Lipinski definition) is 0. The van der Waals surface area contributed by atoms with Crippen LogP contribution in [0.15, 0.2) is 0 Å². The fourth-order valence-corrected chi connectivity index (χ4v) is 2.86. The highest BCUT2D eigenvalue weighted by Gasteiger charge is 2.19. The molecule has 1 heteroatoms. The summed E-state index contributed by atoms with van der Waals surface area (Å²) in [7, 11) is 3.08. The maximum absolute atomic E-state index is 3.08. The highest BCUT2D eigenvalue weighted by molar-refractivity contribution is 7.17. The van der Waals surface area contributed by atoms with Gasteiger partial charge in [-0.15, -0.1) is 9.24 Å². The lowest BCUT2D eigenvalue weighted by Crippen LogP contribution is -2.17. The summed E-state index contributed by atoms with van der Waals surface area (Å²) < 4.78 is 0. The summed E-state index contributed by atoms with van der Waals surface area (Å²) in [6.45, 7) is 2.29. The Hall–Kier alpha value is 0.430. The van der Waals surface area contributed by atoms with Crippen LogP contribution in [0.4, 0.5) is 0 Å². The van der Waals surface area contributed by atoms with Crippen LogP contribution in [0.3, 0.4) is 0 Å². The number of unbranched alkanes of at least 4 members (excludes halogenated alkanes) is 1. The van der Waals surface area contributed by atoms with Crippen LogP contribution in [0.5, 0.6) is 0 Å². The van der Waals surface area contributed by atoms with E-state index in [-0.39, 0.29) is 0 Å². The topological polar surface area (TPSA) is 0 Å². The lowest BCUT2D eigenvalue weighted by Gasteiger charge is -2.27. The van der Waals surface area contributed by atoms with Crippen LogP contribution in [0.25, 0.3) is 0 Å². The van der Waals surface area contributed by atoms with E-state index in [1.54, 1.807) is 0 Å². The average Bonchev–Trinajstić information content (AvgIpc) is 2.15. The van der Waals surface area contributed by atoms with Gasteiger partial charge in [-0.2, -0.15) is 0 Å². The van der Waals surface area contributed by atoms with Gasteiger partial charge in [0.15, 0.2) is 0 Å². The highest BCUT2D eigenvalue weighted by atomic mass is 31.0. The van der Waals surface area contributed by atoms with Gasteiger partial charge in [-0.1, -0.05) is 39.0 Å². The minimum absolute atomic E-state index is 0.922. The summed E-state index contributed by atoms with van der Waals surface area (Å²) in [6, 6.07) is 0. The van der Waals surface area contributed by atoms with E-state index in [2.05, 4.69) is 16.2 Å². The van der Waals surface area contributed by atoms with E-state index in [1.165, 1.54) is 51.4 Å². The predicted molar refractivity (Wildman–Crippen MR) is 59.6 cm³/mol. The van der Waals surface area contributed by atoms with Gasteiger partial charge in [0, 0.05) is 0 Å². The molecule has 0 radical (unpaired) electrons. The minimum atomic E-state index is 0.922. The Bertz CT molecular complexity index is 106. The molecule has 1 aliphatic rings. The van der Waals surface area contributed by atoms with Crippen LogP contribution >= 0.6 is 9.24 Å². The molecule has 2 unspecified atom stereocenters. The Labute approximate surface area is 79.7 Å². The van der Waals surface area contributed by atoms with Crippen LogP contribution in [-0.2, 0) is 0 Å². The van der Waals surface area contributed by atoms with Gasteiger partial charge >= 0.3 is 0 Å². The van der Waals surface area contributed by atoms with Gasteiger partial charge in [-0.25, -0.2) is 0 Å². The second kappa shape index (κ2) is 5.97. The molecular weight excluding hydrogens is 163 g/mol. The Morgan fingerprint density at radius 3 is 2.50 bits per heavy atom. The molecular formula is C11H23P. The fraction of sp³-hybridized carbons (Fsp3) is 1.00. The fourth-order valence-electron chi connectivity index (χ4n) is 2.24. The smallest absolute Gasteiger partial charge is 0.0236 e. The second-order valence-electron chi connectivity index (χ2n) is 4.20. The zero-order valence-corrected chi connectivity index (χ0v) is 9.54. The average molecular weight is 186 g/mol. The molecule has 0 nitrogen and oxygen atoms in total. The van der Waals surface area contributed by atoms with Crippen molar-refractivity contribution in [1.82, 2.24) is 0 Å². The first-order chi connectivity index (χ1) is 5.84. The van der Waals surface area contributed by atoms with Crippen molar-refractivity contribution in [3.63, 3.8) is 0 Å². The zero-order chi connectivity index (χ0) is 8.81. The van der Waals surface area contributed by atoms with Gasteiger partial charge in [-0.05, 0) is 30.8 Å². The molecule has 0 amide bonds. The van der Waals surface area contributed by atoms with Gasteiger partial charge in [0.2, 0.25) is 0 Å². The molecule has 0 aliphatic heterocycles. The van der Waals surface area contributed by atoms with Crippen molar-refractivity contribution in [2.45, 2.75) is 63.9 Å². The molecule has 0 spiro atoms. The van der Waals surface area contributed by atoms with Crippen LogP contribution in [0, 0.1) is 5.92 Å². The first-order valence-corrected chi connectivity index (χ1v) is 6.27. The summed E-state index contributed by atoms with van der Waals surface area (Å²) in [5, 5.41) is 0. The van der Waals surface area contributed by atoms with Gasteiger partial charge in [0.05, 0.1) is 0 Å². The van der Waals surface area contributed by atoms with Gasteiger partial charge in [-0.3, -0.25) is 0 Å². The van der Waals surface area contributed by atoms with Crippen LogP contribution in [0.1, 0.15) is 58.3 Å². The normalized spacial score (nSPS) is 22.5. The Balaban J connectivity index is 2.15. The monoisotopic (exact) mass is 186 g/mol. The molecule has 0 N–H and O–H groups in total. The van der Waals surface area contributed by atoms with Crippen LogP contribution in [0.2, 0.25) is 0 Å². The number of rotatable bonds is 4. The van der Waals surface area contributed by atoms with Crippen molar-refractivity contribution >= 4 is 9.24 Å². The number of hydrogen-bond donors (Lipinski definition) is 0. The Kier molecular flexibility index (Phi) is 5.23. The van der Waals surface area contributed by atoms with Crippen LogP contribution in [-0.4, -0.2) is 5.66 Å². The van der Waals surface area contributed by atoms with Crippen LogP contribution < -0.4 is 0 Å². The van der Waals surface area contributed by atoms with E-state index in [1.807, 2.05) is 0 Å². The summed E-state index contributed by atoms with van der Waals surface area (Å²) in [4.78, 5) is 0. The third-order valence-corrected chi connectivity index (χ3v) is 4.02. The Morgan fingerprint density at radius 1 is 1.25 bits per heavy atom. The molecule has 72 valence electrons. The molecule has 0 aromatic heterocycles. The molecule has 1 saturated carbocycles. The van der Waals surface area contributed by atoms with Gasteiger partial charge in [0.25, 0.3) is 0 Å². The largest absolute Gasteiger partial charge is 0.134 e. The minimum Gasteiger partial charge on any atom is -0.134 e. The standard InChI is InChI=1S/C11H23P/c1-2-3-9-11(12)10-7-5-4-6-8-10/h10-11H,2-9,12H2,1H3. The highest BCUT2D eigenvalue weighted by Crippen LogP contribution is 2.32. The van der Waals surface area contributed by atoms with Crippen molar-refractivity contribution < 1.29 is 0 Å². The van der Waals surface area contributed by atoms with Crippen molar-refractivity contribution in [2.75, 3.05) is 0 Å². The SMILES string of the molecule is CCCCC(P)C1CCCCC1. The lowest BCUT2D eigenvalue weighted by atomic mass is 9.85. The van der Waals surface area contributed by atoms with E-state index >= 15 is 0 Å². The quantitative estimate of drug-likeness (QED) is 0.582. The molecule has 0 aromatic rings. The molecule has 12 heavy (non-hydrogen) atoms. The molecule has 0 aromatic carbocycles. The summed E-state index contributed by atoms with van der Waals surface area (Å²) >= 11 is 0. The summed E-state index contributed by atoms with van der Waals surface area (Å²) in [5.74, 6) is 1.04. The van der Waals surface area contributed by atoms with E-state index in [4.69, 9.17) is 0 Å². The third kappa shape index (κ3) is 3.44. The molecule has 1 rings (SSSR count). The van der Waals surface area contributed by atoms with E-state index in [0.29, 0.717) is 0 Å². The second-order valence-corrected chi connectivity index (χ2v) is 5.06. The Morgan fingerprint density at radius 2 is 1.92 bits per heavy atom. The maximum Gasteiger partial charge on any atom is -0.0236 e. The predicted octanol–water partition coefficient (Wildman–Crippen LogP) is 4.00. The molecule has 1 aliphatic carbocycles. The summed E-state index contributed by atoms with van der Waals surface area (Å²) in [6.07, 6.45) is 11.7. The third-order valence-electron chi connectivity index (χ3n) is 3.15. The zero-order valence-electron chi connectivity index (χ0n) is 8.39. The van der Waals surface area contributed by atoms with Crippen molar-refractivity contribution in [3.05, 3.63) is 0 Å². The molecule has 2 atom stereocenters. The van der Waals surface area contributed by atoms with E-state index in [0.717, 1.165) is 11.6 Å². The van der Waals surface area contributed by atoms with Gasteiger partial charge < -0.3 is 0 Å². The summed E-state index contributed by atoms with van der Waals surface area (Å²) in [5.41, 5.74) is 0.922. The molecule has 0 bridgehead atoms. The van der Waals surface area contributed by atoms with E-state index in [9.17, 15) is 0 Å². The van der Waals surface area contributed by atoms with Gasteiger partial charge in [0.1, 0.15) is 0 Å². The first-order valence-electron chi connectivity index (χ1n) is 5.60. The maximum atomic E-state index is 3.08. The lowest BCUT2D eigenvalue weighted by molar-refractivity contribution is 0.338. The molecule has 0 heterocycles.